The van der Waals surface area contributed by atoms with Gasteiger partial charge in [-0.1, -0.05) is 0 Å². The van der Waals surface area contributed by atoms with Gasteiger partial charge in [0.25, 0.3) is 6.21 Å². The molecule has 0 amide bonds. The Balaban J connectivity index is 2.61. The molecule has 50 valence electrons. The number of hydrogen-bond donors (Lipinski definition) is 0. The summed E-state index contributed by atoms with van der Waals surface area (Å²) in [6.07, 6.45) is 3.67. The zero-order valence-corrected chi connectivity index (χ0v) is 5.78. The van der Waals surface area contributed by atoms with E-state index in [1.807, 2.05) is 30.1 Å². The van der Waals surface area contributed by atoms with Crippen molar-refractivity contribution in [2.24, 2.45) is 0 Å². The molecule has 0 spiro atoms. The molecule has 0 aliphatic carbocycles. The van der Waals surface area contributed by atoms with Crippen LogP contribution in [-0.4, -0.2) is 22.2 Å². The summed E-state index contributed by atoms with van der Waals surface area (Å²) in [4.78, 5) is 0. The first kappa shape index (κ1) is 5.45. The topological polar surface area (TPSA) is 31.9 Å². The van der Waals surface area contributed by atoms with Crippen LogP contribution < -0.4 is 4.67 Å². The van der Waals surface area contributed by atoms with Crippen LogP contribution in [0.4, 0.5) is 0 Å². The zero-order chi connectivity index (χ0) is 6.97. The normalized spacial score (nSPS) is 13.7. The van der Waals surface area contributed by atoms with Crippen LogP contribution >= 0.6 is 0 Å². The lowest BCUT2D eigenvalue weighted by Crippen LogP contribution is -2.11. The molecule has 0 saturated heterocycles. The summed E-state index contributed by atoms with van der Waals surface area (Å²) in [5.41, 5.74) is 2.15. The Morgan fingerprint density at radius 1 is 1.70 bits per heavy atom. The van der Waals surface area contributed by atoms with Gasteiger partial charge in [-0.2, -0.15) is 5.10 Å². The largest absolute Gasteiger partial charge is 0.317 e. The average Bonchev–Trinajstić information content (AvgIpc) is 2.27. The monoisotopic (exact) mass is 134 g/mol. The molecule has 10 heavy (non-hydrogen) atoms. The van der Waals surface area contributed by atoms with E-state index in [0.29, 0.717) is 0 Å². The van der Waals surface area contributed by atoms with Crippen molar-refractivity contribution in [3.63, 3.8) is 0 Å². The van der Waals surface area contributed by atoms with Crippen molar-refractivity contribution < 1.29 is 0 Å². The minimum Gasteiger partial charge on any atom is -0.247 e. The Kier molecular flexibility index (Phi) is 0.992. The third kappa shape index (κ3) is 0.684. The smallest absolute Gasteiger partial charge is 0.247 e. The van der Waals surface area contributed by atoms with E-state index in [1.165, 1.54) is 0 Å². The molecule has 3 nitrogen and oxygen atoms in total. The summed E-state index contributed by atoms with van der Waals surface area (Å²) in [5, 5.41) is 4.25. The highest BCUT2D eigenvalue weighted by Crippen LogP contribution is 1.99. The fourth-order valence-electron chi connectivity index (χ4n) is 1.07. The molecule has 0 fully saturated rings. The first-order chi connectivity index (χ1) is 4.86. The van der Waals surface area contributed by atoms with Gasteiger partial charge in [0.1, 0.15) is 12.2 Å². The van der Waals surface area contributed by atoms with Crippen LogP contribution in [0.2, 0.25) is 0 Å². The molecule has 0 atom stereocenters. The standard InChI is InChI=1S/C7H8N3/c1-6-4-7-5-8-2-3-10(7)9-6/h2,4-5H,3H2,1H3/q+1. The first-order valence-electron chi connectivity index (χ1n) is 3.25. The second-order valence-corrected chi connectivity index (χ2v) is 2.35. The van der Waals surface area contributed by atoms with Gasteiger partial charge in [-0.25, -0.2) is 4.68 Å². The molecule has 2 rings (SSSR count). The van der Waals surface area contributed by atoms with Crippen LogP contribution in [0.3, 0.4) is 0 Å². The summed E-state index contributed by atoms with van der Waals surface area (Å²) < 4.78 is 5.95. The maximum atomic E-state index is 4.25. The van der Waals surface area contributed by atoms with Crippen molar-refractivity contribution in [1.29, 1.82) is 0 Å². The Morgan fingerprint density at radius 2 is 2.60 bits per heavy atom. The lowest BCUT2D eigenvalue weighted by atomic mass is 10.4. The van der Waals surface area contributed by atoms with E-state index in [0.717, 1.165) is 17.9 Å². The van der Waals surface area contributed by atoms with Crippen LogP contribution in [0.25, 0.3) is 0 Å². The number of aromatic nitrogens is 2. The van der Waals surface area contributed by atoms with Crippen LogP contribution in [0.15, 0.2) is 6.07 Å². The van der Waals surface area contributed by atoms with E-state index < -0.39 is 0 Å². The van der Waals surface area contributed by atoms with Crippen molar-refractivity contribution in [1.82, 2.24) is 14.4 Å². The Bertz CT molecular complexity index is 316. The fraction of sp³-hybridized carbons (Fsp3) is 0.286. The first-order valence-corrected chi connectivity index (χ1v) is 3.25. The van der Waals surface area contributed by atoms with Gasteiger partial charge in [0.15, 0.2) is 0 Å². The van der Waals surface area contributed by atoms with E-state index >= 15 is 0 Å². The predicted molar refractivity (Wildman–Crippen MR) is 40.3 cm³/mol. The van der Waals surface area contributed by atoms with E-state index in [2.05, 4.69) is 9.77 Å². The molecule has 1 aliphatic rings. The molecular formula is C7H8N3+. The SMILES string of the molecule is Cc1cc2n(n1)CC=[N+]=C2. The molecule has 1 aromatic heterocycles. The van der Waals surface area contributed by atoms with Gasteiger partial charge in [0, 0.05) is 0 Å². The Labute approximate surface area is 58.7 Å². The quantitative estimate of drug-likeness (QED) is 0.451. The highest BCUT2D eigenvalue weighted by Gasteiger charge is 2.09. The lowest BCUT2D eigenvalue weighted by molar-refractivity contribution is 0.712. The minimum atomic E-state index is 0.805. The highest BCUT2D eigenvalue weighted by molar-refractivity contribution is 5.82. The summed E-state index contributed by atoms with van der Waals surface area (Å²) in [6, 6.07) is 2.02. The molecule has 0 bridgehead atoms. The molecule has 0 radical (unpaired) electrons. The van der Waals surface area contributed by atoms with Crippen LogP contribution in [0.1, 0.15) is 11.4 Å². The van der Waals surface area contributed by atoms with Gasteiger partial charge in [-0.05, 0) is 13.0 Å². The van der Waals surface area contributed by atoms with E-state index in [-0.39, 0.29) is 0 Å². The number of hydrogen-bond acceptors (Lipinski definition) is 1. The zero-order valence-electron chi connectivity index (χ0n) is 5.78. The highest BCUT2D eigenvalue weighted by atomic mass is 15.3. The summed E-state index contributed by atoms with van der Waals surface area (Å²) >= 11 is 0. The van der Waals surface area contributed by atoms with Gasteiger partial charge < -0.3 is 0 Å². The Hall–Kier alpha value is -1.34. The van der Waals surface area contributed by atoms with Crippen molar-refractivity contribution in [2.75, 3.05) is 0 Å². The third-order valence-corrected chi connectivity index (χ3v) is 1.50. The van der Waals surface area contributed by atoms with Gasteiger partial charge in [-0.3, -0.25) is 0 Å². The van der Waals surface area contributed by atoms with E-state index in [4.69, 9.17) is 0 Å². The average molecular weight is 134 g/mol. The van der Waals surface area contributed by atoms with Gasteiger partial charge in [0.05, 0.1) is 5.69 Å². The van der Waals surface area contributed by atoms with Crippen molar-refractivity contribution in [3.05, 3.63) is 17.5 Å². The van der Waals surface area contributed by atoms with E-state index in [9.17, 15) is 0 Å². The molecule has 0 aromatic carbocycles. The van der Waals surface area contributed by atoms with Crippen LogP contribution in [0, 0.1) is 6.92 Å². The van der Waals surface area contributed by atoms with Gasteiger partial charge in [-0.15, -0.1) is 4.67 Å². The van der Waals surface area contributed by atoms with Crippen molar-refractivity contribution in [2.45, 2.75) is 13.5 Å². The van der Waals surface area contributed by atoms with Crippen molar-refractivity contribution in [3.8, 4) is 0 Å². The molecule has 2 heterocycles. The van der Waals surface area contributed by atoms with Crippen molar-refractivity contribution >= 4 is 12.4 Å². The number of rotatable bonds is 0. The molecule has 0 saturated carbocycles. The summed E-state index contributed by atoms with van der Waals surface area (Å²) in [6.45, 7) is 2.79. The predicted octanol–water partition coefficient (Wildman–Crippen LogP) is -0.238. The Morgan fingerprint density at radius 3 is 3.40 bits per heavy atom. The number of nitrogens with zero attached hydrogens (tertiary/aromatic N) is 3. The third-order valence-electron chi connectivity index (χ3n) is 1.50. The molecule has 1 aromatic rings. The summed E-state index contributed by atoms with van der Waals surface area (Å²) in [7, 11) is 0. The molecule has 0 N–H and O–H groups in total. The number of aryl methyl sites for hydroxylation is 1. The molecule has 3 heteroatoms. The maximum Gasteiger partial charge on any atom is 0.317 e. The van der Waals surface area contributed by atoms with Crippen LogP contribution in [0.5, 0.6) is 0 Å². The maximum absolute atomic E-state index is 4.25. The molecule has 1 aliphatic heterocycles. The number of fused-ring (bicyclic) bond motifs is 1. The van der Waals surface area contributed by atoms with Gasteiger partial charge in [0.2, 0.25) is 0 Å². The fourth-order valence-corrected chi connectivity index (χ4v) is 1.07. The second-order valence-electron chi connectivity index (χ2n) is 2.35. The molecular weight excluding hydrogens is 126 g/mol. The summed E-state index contributed by atoms with van der Waals surface area (Å²) in [5.74, 6) is 0. The van der Waals surface area contributed by atoms with Gasteiger partial charge >= 0.3 is 6.21 Å². The van der Waals surface area contributed by atoms with E-state index in [1.54, 1.807) is 0 Å². The molecule has 0 unspecified atom stereocenters. The minimum absolute atomic E-state index is 0.805. The van der Waals surface area contributed by atoms with Crippen LogP contribution in [-0.2, 0) is 6.54 Å². The lowest BCUT2D eigenvalue weighted by Gasteiger charge is -1.93. The second kappa shape index (κ2) is 1.82.